The zero-order valence-corrected chi connectivity index (χ0v) is 17.2. The third-order valence-corrected chi connectivity index (χ3v) is 6.72. The number of aliphatic carboxylic acids is 1. The third-order valence-electron chi connectivity index (χ3n) is 6.72. The van der Waals surface area contributed by atoms with Gasteiger partial charge in [0.2, 0.25) is 11.8 Å². The Kier molecular flexibility index (Phi) is 6.33. The standard InChI is InChI=1S/C21H32N2O6/c1-4-7-13(3)22(10-5-2)19(26)17-21-9-8-14(29-21)15(20(27)28)16(21)18(25)23(17)11-6-12-24/h5,13-17,24H,2,4,6-12H2,1,3H3,(H,27,28)/t13?,14-,15+,16+,17-,21+/m0/s1. The molecule has 162 valence electrons. The van der Waals surface area contributed by atoms with Crippen LogP contribution in [0.5, 0.6) is 0 Å². The van der Waals surface area contributed by atoms with Gasteiger partial charge in [0.15, 0.2) is 0 Å². The zero-order valence-electron chi connectivity index (χ0n) is 17.2. The monoisotopic (exact) mass is 408 g/mol. The fourth-order valence-corrected chi connectivity index (χ4v) is 5.55. The molecule has 0 aromatic carbocycles. The Morgan fingerprint density at radius 3 is 2.79 bits per heavy atom. The van der Waals surface area contributed by atoms with Crippen LogP contribution in [-0.4, -0.2) is 81.3 Å². The number of carbonyl (C=O) groups is 3. The number of carboxylic acids is 1. The van der Waals surface area contributed by atoms with E-state index in [1.54, 1.807) is 11.0 Å². The molecule has 2 amide bonds. The molecule has 1 spiro atoms. The number of rotatable bonds is 10. The molecule has 2 N–H and O–H groups in total. The van der Waals surface area contributed by atoms with Crippen LogP contribution < -0.4 is 0 Å². The Balaban J connectivity index is 2.01. The average molecular weight is 408 g/mol. The quantitative estimate of drug-likeness (QED) is 0.523. The van der Waals surface area contributed by atoms with E-state index in [9.17, 15) is 24.6 Å². The molecule has 2 bridgehead atoms. The molecule has 29 heavy (non-hydrogen) atoms. The van der Waals surface area contributed by atoms with Crippen LogP contribution in [-0.2, 0) is 19.1 Å². The van der Waals surface area contributed by atoms with Gasteiger partial charge in [0.25, 0.3) is 0 Å². The summed E-state index contributed by atoms with van der Waals surface area (Å²) in [6.07, 6.45) is 4.21. The molecular weight excluding hydrogens is 376 g/mol. The maximum Gasteiger partial charge on any atom is 0.310 e. The predicted octanol–water partition coefficient (Wildman–Crippen LogP) is 1.03. The van der Waals surface area contributed by atoms with Crippen molar-refractivity contribution in [1.82, 2.24) is 9.80 Å². The maximum absolute atomic E-state index is 13.8. The summed E-state index contributed by atoms with van der Waals surface area (Å²) >= 11 is 0. The summed E-state index contributed by atoms with van der Waals surface area (Å²) in [4.78, 5) is 42.2. The van der Waals surface area contributed by atoms with Crippen molar-refractivity contribution in [3.8, 4) is 0 Å². The molecule has 8 heteroatoms. The Morgan fingerprint density at radius 1 is 1.48 bits per heavy atom. The number of fused-ring (bicyclic) bond motifs is 1. The molecule has 3 aliphatic rings. The summed E-state index contributed by atoms with van der Waals surface area (Å²) in [5.41, 5.74) is -1.09. The van der Waals surface area contributed by atoms with Crippen molar-refractivity contribution in [2.24, 2.45) is 11.8 Å². The van der Waals surface area contributed by atoms with Crippen molar-refractivity contribution in [2.45, 2.75) is 69.7 Å². The van der Waals surface area contributed by atoms with Gasteiger partial charge in [-0.3, -0.25) is 14.4 Å². The van der Waals surface area contributed by atoms with Crippen LogP contribution in [0.2, 0.25) is 0 Å². The van der Waals surface area contributed by atoms with Crippen LogP contribution >= 0.6 is 0 Å². The van der Waals surface area contributed by atoms with E-state index in [1.165, 1.54) is 4.90 Å². The second-order valence-corrected chi connectivity index (χ2v) is 8.42. The molecule has 3 aliphatic heterocycles. The van der Waals surface area contributed by atoms with Gasteiger partial charge in [-0.15, -0.1) is 6.58 Å². The maximum atomic E-state index is 13.8. The highest BCUT2D eigenvalue weighted by molar-refractivity contribution is 5.98. The van der Waals surface area contributed by atoms with Gasteiger partial charge in [-0.1, -0.05) is 19.4 Å². The van der Waals surface area contributed by atoms with Gasteiger partial charge in [0, 0.05) is 25.7 Å². The molecular formula is C21H32N2O6. The van der Waals surface area contributed by atoms with Crippen molar-refractivity contribution < 1.29 is 29.3 Å². The number of hydrogen-bond donors (Lipinski definition) is 2. The third kappa shape index (κ3) is 3.36. The topological polar surface area (TPSA) is 107 Å². The molecule has 6 atom stereocenters. The average Bonchev–Trinajstić information content (AvgIpc) is 3.31. The molecule has 0 aliphatic carbocycles. The number of amides is 2. The molecule has 3 rings (SSSR count). The van der Waals surface area contributed by atoms with E-state index in [4.69, 9.17) is 4.74 Å². The van der Waals surface area contributed by atoms with Crippen molar-refractivity contribution in [3.05, 3.63) is 12.7 Å². The van der Waals surface area contributed by atoms with E-state index in [-0.39, 0.29) is 31.0 Å². The number of aliphatic hydroxyl groups is 1. The van der Waals surface area contributed by atoms with Gasteiger partial charge < -0.3 is 24.7 Å². The van der Waals surface area contributed by atoms with E-state index in [2.05, 4.69) is 6.58 Å². The van der Waals surface area contributed by atoms with E-state index in [0.717, 1.165) is 12.8 Å². The highest BCUT2D eigenvalue weighted by atomic mass is 16.5. The highest BCUT2D eigenvalue weighted by Gasteiger charge is 2.74. The van der Waals surface area contributed by atoms with E-state index < -0.39 is 35.6 Å². The van der Waals surface area contributed by atoms with Crippen molar-refractivity contribution in [2.75, 3.05) is 19.7 Å². The molecule has 0 radical (unpaired) electrons. The second kappa shape index (κ2) is 8.44. The van der Waals surface area contributed by atoms with Gasteiger partial charge in [0.1, 0.15) is 11.6 Å². The van der Waals surface area contributed by atoms with Crippen molar-refractivity contribution in [1.29, 1.82) is 0 Å². The lowest BCUT2D eigenvalue weighted by atomic mass is 9.70. The SMILES string of the molecule is C=CCN(C(=O)[C@@H]1N(CCCO)C(=O)[C@H]2[C@H](C(=O)O)[C@@H]3CC[C@]12O3)C(C)CCC. The Morgan fingerprint density at radius 2 is 2.21 bits per heavy atom. The molecule has 8 nitrogen and oxygen atoms in total. The van der Waals surface area contributed by atoms with Crippen LogP contribution in [0.15, 0.2) is 12.7 Å². The summed E-state index contributed by atoms with van der Waals surface area (Å²) in [5.74, 6) is -3.38. The predicted molar refractivity (Wildman–Crippen MR) is 105 cm³/mol. The van der Waals surface area contributed by atoms with Crippen LogP contribution in [0.1, 0.15) is 46.0 Å². The Labute approximate surface area is 171 Å². The molecule has 1 unspecified atom stereocenters. The highest BCUT2D eigenvalue weighted by Crippen LogP contribution is 2.58. The summed E-state index contributed by atoms with van der Waals surface area (Å²) in [7, 11) is 0. The second-order valence-electron chi connectivity index (χ2n) is 8.42. The zero-order chi connectivity index (χ0) is 21.3. The number of likely N-dealkylation sites (tertiary alicyclic amines) is 1. The van der Waals surface area contributed by atoms with E-state index in [1.807, 2.05) is 13.8 Å². The number of ether oxygens (including phenoxy) is 1. The van der Waals surface area contributed by atoms with Crippen molar-refractivity contribution >= 4 is 17.8 Å². The number of nitrogens with zero attached hydrogens (tertiary/aromatic N) is 2. The lowest BCUT2D eigenvalue weighted by Gasteiger charge is -2.38. The van der Waals surface area contributed by atoms with E-state index in [0.29, 0.717) is 25.8 Å². The fraction of sp³-hybridized carbons (Fsp3) is 0.762. The molecule has 0 aromatic heterocycles. The number of aliphatic hydroxyl groups excluding tert-OH is 1. The number of carbonyl (C=O) groups excluding carboxylic acids is 2. The first-order valence-corrected chi connectivity index (χ1v) is 10.6. The first-order chi connectivity index (χ1) is 13.8. The van der Waals surface area contributed by atoms with Gasteiger partial charge >= 0.3 is 5.97 Å². The minimum atomic E-state index is -1.09. The minimum Gasteiger partial charge on any atom is -0.481 e. The molecule has 0 aromatic rings. The van der Waals surface area contributed by atoms with Crippen LogP contribution in [0.3, 0.4) is 0 Å². The van der Waals surface area contributed by atoms with Gasteiger partial charge in [0.05, 0.1) is 17.9 Å². The first-order valence-electron chi connectivity index (χ1n) is 10.6. The first kappa shape index (κ1) is 21.8. The summed E-state index contributed by atoms with van der Waals surface area (Å²) in [5, 5.41) is 19.0. The molecule has 3 fully saturated rings. The molecule has 3 saturated heterocycles. The van der Waals surface area contributed by atoms with E-state index >= 15 is 0 Å². The fourth-order valence-electron chi connectivity index (χ4n) is 5.55. The Hall–Kier alpha value is -1.93. The number of carboxylic acid groups (broad SMARTS) is 1. The smallest absolute Gasteiger partial charge is 0.310 e. The summed E-state index contributed by atoms with van der Waals surface area (Å²) in [6.45, 7) is 8.23. The van der Waals surface area contributed by atoms with Crippen molar-refractivity contribution in [3.63, 3.8) is 0 Å². The van der Waals surface area contributed by atoms with Crippen LogP contribution in [0.25, 0.3) is 0 Å². The minimum absolute atomic E-state index is 0.0374. The molecule has 0 saturated carbocycles. The summed E-state index contributed by atoms with van der Waals surface area (Å²) < 4.78 is 6.16. The lowest BCUT2D eigenvalue weighted by Crippen LogP contribution is -2.58. The van der Waals surface area contributed by atoms with Gasteiger partial charge in [-0.05, 0) is 32.6 Å². The normalized spacial score (nSPS) is 33.6. The van der Waals surface area contributed by atoms with Crippen LogP contribution in [0.4, 0.5) is 0 Å². The molecule has 3 heterocycles. The summed E-state index contributed by atoms with van der Waals surface area (Å²) in [6, 6.07) is -0.898. The van der Waals surface area contributed by atoms with Gasteiger partial charge in [-0.2, -0.15) is 0 Å². The van der Waals surface area contributed by atoms with Gasteiger partial charge in [-0.25, -0.2) is 0 Å². The number of hydrogen-bond acceptors (Lipinski definition) is 5. The lowest BCUT2D eigenvalue weighted by molar-refractivity contribution is -0.151. The largest absolute Gasteiger partial charge is 0.481 e. The Bertz CT molecular complexity index is 682. The van der Waals surface area contributed by atoms with Crippen LogP contribution in [0, 0.1) is 11.8 Å².